The van der Waals surface area contributed by atoms with Crippen molar-refractivity contribution in [2.75, 3.05) is 5.73 Å². The van der Waals surface area contributed by atoms with Gasteiger partial charge in [-0.05, 0) is 17.7 Å². The SMILES string of the molecule is Nc1nc(Cc2ccc(Cl)cc2Cl)no1. The molecule has 2 aromatic rings. The quantitative estimate of drug-likeness (QED) is 0.881. The molecule has 2 N–H and O–H groups in total. The minimum atomic E-state index is 0.0510. The predicted molar refractivity (Wildman–Crippen MR) is 58.0 cm³/mol. The Bertz CT molecular complexity index is 484. The summed E-state index contributed by atoms with van der Waals surface area (Å²) in [6.07, 6.45) is 0.469. The van der Waals surface area contributed by atoms with Crippen LogP contribution in [0.3, 0.4) is 0 Å². The number of hydrogen-bond acceptors (Lipinski definition) is 4. The van der Waals surface area contributed by atoms with Crippen LogP contribution in [0.5, 0.6) is 0 Å². The van der Waals surface area contributed by atoms with Gasteiger partial charge in [0.05, 0.1) is 0 Å². The summed E-state index contributed by atoms with van der Waals surface area (Å²) in [6, 6.07) is 5.29. The Morgan fingerprint density at radius 1 is 1.33 bits per heavy atom. The van der Waals surface area contributed by atoms with Crippen molar-refractivity contribution in [2.45, 2.75) is 6.42 Å². The summed E-state index contributed by atoms with van der Waals surface area (Å²) < 4.78 is 4.65. The van der Waals surface area contributed by atoms with Crippen molar-refractivity contribution < 1.29 is 4.52 Å². The molecule has 0 aliphatic carbocycles. The lowest BCUT2D eigenvalue weighted by Crippen LogP contribution is -1.92. The lowest BCUT2D eigenvalue weighted by Gasteiger charge is -2.00. The van der Waals surface area contributed by atoms with Crippen molar-refractivity contribution in [3.8, 4) is 0 Å². The Balaban J connectivity index is 2.24. The van der Waals surface area contributed by atoms with Crippen LogP contribution >= 0.6 is 23.2 Å². The van der Waals surface area contributed by atoms with Gasteiger partial charge in [-0.25, -0.2) is 0 Å². The molecule has 0 amide bonds. The van der Waals surface area contributed by atoms with Crippen LogP contribution < -0.4 is 5.73 Å². The number of halogens is 2. The Labute approximate surface area is 96.0 Å². The highest BCUT2D eigenvalue weighted by Crippen LogP contribution is 2.22. The van der Waals surface area contributed by atoms with Gasteiger partial charge in [-0.1, -0.05) is 34.4 Å². The van der Waals surface area contributed by atoms with Crippen LogP contribution in [0, 0.1) is 0 Å². The number of rotatable bonds is 2. The molecule has 1 aromatic carbocycles. The summed E-state index contributed by atoms with van der Waals surface area (Å²) in [6.45, 7) is 0. The highest BCUT2D eigenvalue weighted by molar-refractivity contribution is 6.35. The Hall–Kier alpha value is -1.26. The summed E-state index contributed by atoms with van der Waals surface area (Å²) in [5.41, 5.74) is 6.18. The van der Waals surface area contributed by atoms with Crippen molar-refractivity contribution in [3.63, 3.8) is 0 Å². The van der Waals surface area contributed by atoms with E-state index in [-0.39, 0.29) is 6.01 Å². The molecule has 1 aromatic heterocycles. The second kappa shape index (κ2) is 4.08. The van der Waals surface area contributed by atoms with Gasteiger partial charge in [-0.3, -0.25) is 0 Å². The molecule has 0 spiro atoms. The third kappa shape index (κ3) is 2.40. The van der Waals surface area contributed by atoms with Crippen LogP contribution in [0.2, 0.25) is 10.0 Å². The van der Waals surface area contributed by atoms with Crippen LogP contribution in [-0.4, -0.2) is 10.1 Å². The maximum Gasteiger partial charge on any atom is 0.318 e. The van der Waals surface area contributed by atoms with Crippen molar-refractivity contribution in [3.05, 3.63) is 39.6 Å². The van der Waals surface area contributed by atoms with Gasteiger partial charge in [-0.2, -0.15) is 4.98 Å². The topological polar surface area (TPSA) is 64.9 Å². The summed E-state index contributed by atoms with van der Waals surface area (Å²) in [4.78, 5) is 3.88. The molecule has 0 saturated carbocycles. The van der Waals surface area contributed by atoms with Gasteiger partial charge >= 0.3 is 6.01 Å². The lowest BCUT2D eigenvalue weighted by atomic mass is 10.1. The van der Waals surface area contributed by atoms with Gasteiger partial charge in [0, 0.05) is 16.5 Å². The number of nitrogens with two attached hydrogens (primary N) is 1. The normalized spacial score (nSPS) is 10.5. The number of anilines is 1. The highest BCUT2D eigenvalue weighted by Gasteiger charge is 2.07. The number of hydrogen-bond donors (Lipinski definition) is 1. The van der Waals surface area contributed by atoms with E-state index in [0.717, 1.165) is 5.56 Å². The van der Waals surface area contributed by atoms with Crippen molar-refractivity contribution in [1.82, 2.24) is 10.1 Å². The van der Waals surface area contributed by atoms with Gasteiger partial charge in [0.15, 0.2) is 5.82 Å². The molecule has 0 aliphatic heterocycles. The third-order valence-electron chi connectivity index (χ3n) is 1.85. The smallest absolute Gasteiger partial charge is 0.318 e. The van der Waals surface area contributed by atoms with Gasteiger partial charge in [0.2, 0.25) is 0 Å². The Kier molecular flexibility index (Phi) is 2.79. The fourth-order valence-electron chi connectivity index (χ4n) is 1.17. The fraction of sp³-hybridized carbons (Fsp3) is 0.111. The fourth-order valence-corrected chi connectivity index (χ4v) is 1.65. The van der Waals surface area contributed by atoms with E-state index in [1.165, 1.54) is 0 Å². The molecule has 0 bridgehead atoms. The standard InChI is InChI=1S/C9H7Cl2N3O/c10-6-2-1-5(7(11)4-6)3-8-13-9(12)15-14-8/h1-2,4H,3H2,(H2,12,13,14). The summed E-state index contributed by atoms with van der Waals surface area (Å²) in [7, 11) is 0. The first kappa shape index (κ1) is 10.3. The van der Waals surface area contributed by atoms with E-state index in [1.54, 1.807) is 12.1 Å². The molecular formula is C9H7Cl2N3O. The number of nitrogen functional groups attached to an aromatic ring is 1. The van der Waals surface area contributed by atoms with E-state index in [2.05, 4.69) is 14.7 Å². The first-order chi connectivity index (χ1) is 7.15. The zero-order chi connectivity index (χ0) is 10.8. The average Bonchev–Trinajstić information content (AvgIpc) is 2.56. The molecule has 15 heavy (non-hydrogen) atoms. The molecule has 4 nitrogen and oxygen atoms in total. The monoisotopic (exact) mass is 243 g/mol. The first-order valence-electron chi connectivity index (χ1n) is 4.17. The molecule has 0 fully saturated rings. The van der Waals surface area contributed by atoms with E-state index in [1.807, 2.05) is 6.07 Å². The molecule has 6 heteroatoms. The average molecular weight is 244 g/mol. The van der Waals surface area contributed by atoms with Gasteiger partial charge in [-0.15, -0.1) is 0 Å². The number of nitrogens with zero attached hydrogens (tertiary/aromatic N) is 2. The molecule has 2 rings (SSSR count). The maximum atomic E-state index is 5.98. The second-order valence-corrected chi connectivity index (χ2v) is 3.80. The van der Waals surface area contributed by atoms with Crippen LogP contribution in [-0.2, 0) is 6.42 Å². The molecular weight excluding hydrogens is 237 g/mol. The molecule has 0 radical (unpaired) electrons. The molecule has 0 aliphatic rings. The Morgan fingerprint density at radius 2 is 2.13 bits per heavy atom. The van der Waals surface area contributed by atoms with Crippen molar-refractivity contribution >= 4 is 29.2 Å². The van der Waals surface area contributed by atoms with Crippen LogP contribution in [0.4, 0.5) is 6.01 Å². The molecule has 78 valence electrons. The van der Waals surface area contributed by atoms with E-state index >= 15 is 0 Å². The van der Waals surface area contributed by atoms with E-state index in [9.17, 15) is 0 Å². The highest BCUT2D eigenvalue weighted by atomic mass is 35.5. The summed E-state index contributed by atoms with van der Waals surface area (Å²) in [5, 5.41) is 4.84. The van der Waals surface area contributed by atoms with Gasteiger partial charge in [0.25, 0.3) is 0 Å². The number of benzene rings is 1. The second-order valence-electron chi connectivity index (χ2n) is 2.96. The van der Waals surface area contributed by atoms with E-state index < -0.39 is 0 Å². The van der Waals surface area contributed by atoms with E-state index in [0.29, 0.717) is 22.3 Å². The largest absolute Gasteiger partial charge is 0.351 e. The molecule has 0 saturated heterocycles. The van der Waals surface area contributed by atoms with Crippen LogP contribution in [0.1, 0.15) is 11.4 Å². The van der Waals surface area contributed by atoms with E-state index in [4.69, 9.17) is 28.9 Å². The zero-order valence-corrected chi connectivity index (χ0v) is 9.09. The lowest BCUT2D eigenvalue weighted by molar-refractivity contribution is 0.428. The first-order valence-corrected chi connectivity index (χ1v) is 4.93. The maximum absolute atomic E-state index is 5.98. The minimum Gasteiger partial charge on any atom is -0.351 e. The summed E-state index contributed by atoms with van der Waals surface area (Å²) >= 11 is 11.8. The molecule has 0 atom stereocenters. The number of aromatic nitrogens is 2. The minimum absolute atomic E-state index is 0.0510. The summed E-state index contributed by atoms with van der Waals surface area (Å²) in [5.74, 6) is 0.497. The van der Waals surface area contributed by atoms with Crippen LogP contribution in [0.25, 0.3) is 0 Å². The molecule has 1 heterocycles. The predicted octanol–water partition coefficient (Wildman–Crippen LogP) is 2.55. The van der Waals surface area contributed by atoms with Crippen molar-refractivity contribution in [1.29, 1.82) is 0 Å². The third-order valence-corrected chi connectivity index (χ3v) is 2.43. The molecule has 0 unspecified atom stereocenters. The van der Waals surface area contributed by atoms with Gasteiger partial charge < -0.3 is 10.3 Å². The van der Waals surface area contributed by atoms with Gasteiger partial charge in [0.1, 0.15) is 0 Å². The zero-order valence-electron chi connectivity index (χ0n) is 7.58. The Morgan fingerprint density at radius 3 is 2.73 bits per heavy atom. The van der Waals surface area contributed by atoms with Crippen LogP contribution in [0.15, 0.2) is 22.7 Å². The van der Waals surface area contributed by atoms with Crippen molar-refractivity contribution in [2.24, 2.45) is 0 Å².